The Bertz CT molecular complexity index is 806. The molecule has 0 heterocycles. The first kappa shape index (κ1) is 19.5. The van der Waals surface area contributed by atoms with Gasteiger partial charge in [0.2, 0.25) is 0 Å². The van der Waals surface area contributed by atoms with Gasteiger partial charge in [0.05, 0.1) is 19.1 Å². The Labute approximate surface area is 149 Å². The summed E-state index contributed by atoms with van der Waals surface area (Å²) in [6, 6.07) is 8.84. The number of halogens is 3. The second kappa shape index (κ2) is 8.51. The lowest BCUT2D eigenvalue weighted by Gasteiger charge is -2.23. The highest BCUT2D eigenvalue weighted by Crippen LogP contribution is 2.19. The van der Waals surface area contributed by atoms with Gasteiger partial charge in [-0.3, -0.25) is 9.59 Å². The van der Waals surface area contributed by atoms with Crippen LogP contribution in [0, 0.1) is 24.4 Å². The second-order valence-electron chi connectivity index (χ2n) is 5.76. The third-order valence-electron chi connectivity index (χ3n) is 3.86. The number of benzene rings is 2. The maximum atomic E-state index is 14.0. The molecule has 7 heteroatoms. The van der Waals surface area contributed by atoms with Gasteiger partial charge in [0.25, 0.3) is 5.91 Å². The van der Waals surface area contributed by atoms with E-state index in [1.54, 1.807) is 12.1 Å². The van der Waals surface area contributed by atoms with Crippen LogP contribution in [0.5, 0.6) is 0 Å². The number of nitrogens with zero attached hydrogens (tertiary/aromatic N) is 1. The first-order chi connectivity index (χ1) is 12.3. The molecule has 0 bridgehead atoms. The highest BCUT2D eigenvalue weighted by Gasteiger charge is 2.24. The van der Waals surface area contributed by atoms with Gasteiger partial charge in [-0.05, 0) is 24.6 Å². The fraction of sp³-hybridized carbons (Fsp3) is 0.263. The lowest BCUT2D eigenvalue weighted by atomic mass is 10.1. The molecular weight excluding hydrogens is 347 g/mol. The molecule has 0 fully saturated rings. The molecule has 0 atom stereocenters. The van der Waals surface area contributed by atoms with Crippen molar-refractivity contribution in [1.29, 1.82) is 0 Å². The van der Waals surface area contributed by atoms with E-state index in [0.29, 0.717) is 6.07 Å². The van der Waals surface area contributed by atoms with E-state index < -0.39 is 34.9 Å². The van der Waals surface area contributed by atoms with Crippen LogP contribution in [0.15, 0.2) is 36.4 Å². The molecule has 0 aromatic heterocycles. The number of rotatable bonds is 6. The summed E-state index contributed by atoms with van der Waals surface area (Å²) in [5, 5.41) is 0. The maximum absolute atomic E-state index is 14.0. The van der Waals surface area contributed by atoms with Gasteiger partial charge in [-0.25, -0.2) is 13.2 Å². The van der Waals surface area contributed by atoms with Crippen molar-refractivity contribution in [3.63, 3.8) is 0 Å². The highest BCUT2D eigenvalue weighted by molar-refractivity contribution is 5.94. The zero-order valence-corrected chi connectivity index (χ0v) is 14.4. The van der Waals surface area contributed by atoms with Crippen molar-refractivity contribution in [1.82, 2.24) is 4.90 Å². The van der Waals surface area contributed by atoms with Crippen molar-refractivity contribution < 1.29 is 27.5 Å². The third-order valence-corrected chi connectivity index (χ3v) is 3.86. The Kier molecular flexibility index (Phi) is 6.38. The average Bonchev–Trinajstić information content (AvgIpc) is 2.64. The Hall–Kier alpha value is -2.83. The van der Waals surface area contributed by atoms with Gasteiger partial charge in [0.15, 0.2) is 17.5 Å². The standard InChI is InChI=1S/C19H18F3NO3/c1-12-3-5-13(6-4-12)11-23(10-9-16(24)26-2)19(25)14-7-8-15(20)18(22)17(14)21/h3-8H,9-11H2,1-2H3. The van der Waals surface area contributed by atoms with Crippen molar-refractivity contribution in [2.45, 2.75) is 19.9 Å². The smallest absolute Gasteiger partial charge is 0.307 e. The summed E-state index contributed by atoms with van der Waals surface area (Å²) < 4.78 is 45.1. The van der Waals surface area contributed by atoms with Crippen molar-refractivity contribution in [3.8, 4) is 0 Å². The van der Waals surface area contributed by atoms with Gasteiger partial charge in [0, 0.05) is 13.1 Å². The first-order valence-electron chi connectivity index (χ1n) is 7.88. The Morgan fingerprint density at radius 2 is 1.65 bits per heavy atom. The largest absolute Gasteiger partial charge is 0.469 e. The van der Waals surface area contributed by atoms with E-state index in [-0.39, 0.29) is 19.5 Å². The lowest BCUT2D eigenvalue weighted by molar-refractivity contribution is -0.140. The van der Waals surface area contributed by atoms with Crippen molar-refractivity contribution >= 4 is 11.9 Å². The van der Waals surface area contributed by atoms with E-state index in [0.717, 1.165) is 17.2 Å². The molecule has 0 aliphatic carbocycles. The minimum absolute atomic E-state index is 0.0577. The Morgan fingerprint density at radius 1 is 1.00 bits per heavy atom. The predicted octanol–water partition coefficient (Wildman–Crippen LogP) is 3.62. The van der Waals surface area contributed by atoms with Gasteiger partial charge in [-0.1, -0.05) is 29.8 Å². The number of carbonyl (C=O) groups is 2. The summed E-state index contributed by atoms with van der Waals surface area (Å²) in [7, 11) is 1.21. The van der Waals surface area contributed by atoms with E-state index >= 15 is 0 Å². The zero-order valence-electron chi connectivity index (χ0n) is 14.4. The minimum Gasteiger partial charge on any atom is -0.469 e. The van der Waals surface area contributed by atoms with Crippen LogP contribution in [0.4, 0.5) is 13.2 Å². The van der Waals surface area contributed by atoms with Crippen LogP contribution in [0.3, 0.4) is 0 Å². The van der Waals surface area contributed by atoms with Crippen LogP contribution in [0.2, 0.25) is 0 Å². The molecule has 0 spiro atoms. The van der Waals surface area contributed by atoms with E-state index in [2.05, 4.69) is 4.74 Å². The quantitative estimate of drug-likeness (QED) is 0.580. The summed E-state index contributed by atoms with van der Waals surface area (Å²) in [4.78, 5) is 25.2. The van der Waals surface area contributed by atoms with Crippen LogP contribution in [0.1, 0.15) is 27.9 Å². The number of ether oxygens (including phenoxy) is 1. The topological polar surface area (TPSA) is 46.6 Å². The van der Waals surface area contributed by atoms with Gasteiger partial charge < -0.3 is 9.64 Å². The van der Waals surface area contributed by atoms with Crippen molar-refractivity contribution in [3.05, 3.63) is 70.5 Å². The fourth-order valence-electron chi connectivity index (χ4n) is 2.36. The molecule has 2 aromatic rings. The minimum atomic E-state index is -1.71. The van der Waals surface area contributed by atoms with Crippen LogP contribution >= 0.6 is 0 Å². The number of esters is 1. The molecule has 4 nitrogen and oxygen atoms in total. The van der Waals surface area contributed by atoms with E-state index in [9.17, 15) is 22.8 Å². The molecule has 26 heavy (non-hydrogen) atoms. The summed E-state index contributed by atoms with van der Waals surface area (Å²) in [6.07, 6.45) is -0.112. The normalized spacial score (nSPS) is 10.5. The van der Waals surface area contributed by atoms with Gasteiger partial charge in [-0.2, -0.15) is 0 Å². The molecule has 2 aromatic carbocycles. The Balaban J connectivity index is 2.29. The number of amides is 1. The van der Waals surface area contributed by atoms with Crippen LogP contribution in [-0.4, -0.2) is 30.4 Å². The number of methoxy groups -OCH3 is 1. The summed E-state index contributed by atoms with van der Waals surface area (Å²) in [5.74, 6) is -6.02. The molecule has 0 radical (unpaired) electrons. The molecule has 0 N–H and O–H groups in total. The monoisotopic (exact) mass is 365 g/mol. The second-order valence-corrected chi connectivity index (χ2v) is 5.76. The molecule has 0 unspecified atom stereocenters. The van der Waals surface area contributed by atoms with Crippen LogP contribution in [-0.2, 0) is 16.1 Å². The fourth-order valence-corrected chi connectivity index (χ4v) is 2.36. The molecule has 0 aliphatic rings. The van der Waals surface area contributed by atoms with Gasteiger partial charge >= 0.3 is 5.97 Å². The SMILES string of the molecule is COC(=O)CCN(Cc1ccc(C)cc1)C(=O)c1ccc(F)c(F)c1F. The van der Waals surface area contributed by atoms with Crippen molar-refractivity contribution in [2.75, 3.05) is 13.7 Å². The maximum Gasteiger partial charge on any atom is 0.307 e. The molecule has 2 rings (SSSR count). The summed E-state index contributed by atoms with van der Waals surface area (Å²) in [6.45, 7) is 1.92. The third kappa shape index (κ3) is 4.62. The van der Waals surface area contributed by atoms with Gasteiger partial charge in [0.1, 0.15) is 0 Å². The summed E-state index contributed by atoms with van der Waals surface area (Å²) >= 11 is 0. The number of hydrogen-bond acceptors (Lipinski definition) is 3. The van der Waals surface area contributed by atoms with E-state index in [4.69, 9.17) is 0 Å². The number of hydrogen-bond donors (Lipinski definition) is 0. The molecule has 0 aliphatic heterocycles. The highest BCUT2D eigenvalue weighted by atomic mass is 19.2. The van der Waals surface area contributed by atoms with Gasteiger partial charge in [-0.15, -0.1) is 0 Å². The molecule has 138 valence electrons. The van der Waals surface area contributed by atoms with Crippen LogP contribution < -0.4 is 0 Å². The van der Waals surface area contributed by atoms with Crippen molar-refractivity contribution in [2.24, 2.45) is 0 Å². The molecule has 0 saturated carbocycles. The lowest BCUT2D eigenvalue weighted by Crippen LogP contribution is -2.33. The molecule has 1 amide bonds. The predicted molar refractivity (Wildman–Crippen MR) is 88.9 cm³/mol. The molecule has 0 saturated heterocycles. The first-order valence-corrected chi connectivity index (χ1v) is 7.88. The van der Waals surface area contributed by atoms with E-state index in [1.165, 1.54) is 12.0 Å². The number of aryl methyl sites for hydroxylation is 1. The number of carbonyl (C=O) groups excluding carboxylic acids is 2. The van der Waals surface area contributed by atoms with E-state index in [1.807, 2.05) is 19.1 Å². The van der Waals surface area contributed by atoms with Crippen LogP contribution in [0.25, 0.3) is 0 Å². The summed E-state index contributed by atoms with van der Waals surface area (Å²) in [5.41, 5.74) is 1.17. The Morgan fingerprint density at radius 3 is 2.27 bits per heavy atom. The average molecular weight is 365 g/mol. The zero-order chi connectivity index (χ0) is 19.3. The molecular formula is C19H18F3NO3.